The number of phenolic OH excluding ortho intramolecular Hbond substituents is 1. The van der Waals surface area contributed by atoms with Gasteiger partial charge in [-0.1, -0.05) is 51.1 Å². The summed E-state index contributed by atoms with van der Waals surface area (Å²) in [6, 6.07) is 13.8. The van der Waals surface area contributed by atoms with Gasteiger partial charge in [-0.3, -0.25) is 4.79 Å². The lowest BCUT2D eigenvalue weighted by Crippen LogP contribution is -2.64. The van der Waals surface area contributed by atoms with Gasteiger partial charge >= 0.3 is 0 Å². The second kappa shape index (κ2) is 5.60. The van der Waals surface area contributed by atoms with Crippen molar-refractivity contribution < 1.29 is 9.90 Å². The third kappa shape index (κ3) is 2.16. The zero-order valence-electron chi connectivity index (χ0n) is 16.0. The minimum atomic E-state index is -0.0651. The Bertz CT molecular complexity index is 886. The van der Waals surface area contributed by atoms with Gasteiger partial charge in [-0.05, 0) is 54.0 Å². The quantitative estimate of drug-likeness (QED) is 0.826. The second-order valence-electron chi connectivity index (χ2n) is 8.64. The fourth-order valence-electron chi connectivity index (χ4n) is 5.14. The highest BCUT2D eigenvalue weighted by Crippen LogP contribution is 2.57. The largest absolute Gasteiger partial charge is 0.508 e. The summed E-state index contributed by atoms with van der Waals surface area (Å²) in [6.07, 6.45) is 1.62. The van der Waals surface area contributed by atoms with Crippen molar-refractivity contribution in [1.82, 2.24) is 4.90 Å². The Morgan fingerprint density at radius 2 is 1.85 bits per heavy atom. The molecule has 136 valence electrons. The maximum atomic E-state index is 13.4. The second-order valence-corrected chi connectivity index (χ2v) is 8.64. The topological polar surface area (TPSA) is 40.5 Å². The molecule has 1 saturated heterocycles. The van der Waals surface area contributed by atoms with Crippen LogP contribution in [0.4, 0.5) is 0 Å². The molecule has 3 heteroatoms. The number of rotatable bonds is 1. The smallest absolute Gasteiger partial charge is 0.254 e. The average Bonchev–Trinajstić information content (AvgIpc) is 2.59. The summed E-state index contributed by atoms with van der Waals surface area (Å²) in [5, 5.41) is 10.5. The Morgan fingerprint density at radius 1 is 1.12 bits per heavy atom. The van der Waals surface area contributed by atoms with Crippen LogP contribution in [0.5, 0.6) is 5.75 Å². The molecule has 3 nitrogen and oxygen atoms in total. The van der Waals surface area contributed by atoms with Gasteiger partial charge < -0.3 is 10.0 Å². The highest BCUT2D eigenvalue weighted by molar-refractivity contribution is 5.96. The van der Waals surface area contributed by atoms with E-state index in [1.165, 1.54) is 5.56 Å². The van der Waals surface area contributed by atoms with E-state index in [-0.39, 0.29) is 22.8 Å². The van der Waals surface area contributed by atoms with E-state index in [4.69, 9.17) is 0 Å². The molecule has 1 aliphatic carbocycles. The van der Waals surface area contributed by atoms with Crippen LogP contribution in [-0.4, -0.2) is 28.5 Å². The fraction of sp³-hybridized carbons (Fsp3) is 0.435. The van der Waals surface area contributed by atoms with Crippen LogP contribution in [0.15, 0.2) is 42.5 Å². The molecular formula is C23H27NO2. The number of phenols is 1. The van der Waals surface area contributed by atoms with Crippen molar-refractivity contribution in [2.75, 3.05) is 6.54 Å². The zero-order chi connectivity index (χ0) is 18.7. The first kappa shape index (κ1) is 17.1. The van der Waals surface area contributed by atoms with Crippen LogP contribution in [0.25, 0.3) is 0 Å². The number of amides is 1. The molecule has 2 aromatic carbocycles. The standard InChI is InChI=1S/C23H27NO2/c1-15-8-5-6-9-16(15)21(26)24-13-12-23(4)18-10-7-11-19(25)17(18)14-20(24)22(23,2)3/h5-11,20,25H,12-14H2,1-4H3/t20-,23+/m1/s1. The Balaban J connectivity index is 1.81. The number of hydrogen-bond donors (Lipinski definition) is 1. The molecule has 0 radical (unpaired) electrons. The molecule has 1 aliphatic heterocycles. The van der Waals surface area contributed by atoms with Crippen molar-refractivity contribution in [2.45, 2.75) is 52.0 Å². The lowest BCUT2D eigenvalue weighted by atomic mass is 9.51. The first-order chi connectivity index (χ1) is 12.3. The zero-order valence-corrected chi connectivity index (χ0v) is 16.0. The van der Waals surface area contributed by atoms with Crippen LogP contribution in [0, 0.1) is 12.3 Å². The average molecular weight is 349 g/mol. The molecule has 26 heavy (non-hydrogen) atoms. The molecule has 2 aromatic rings. The third-order valence-corrected chi connectivity index (χ3v) is 7.26. The normalized spacial score (nSPS) is 26.3. The number of aryl methyl sites for hydroxylation is 1. The summed E-state index contributed by atoms with van der Waals surface area (Å²) in [4.78, 5) is 15.4. The van der Waals surface area contributed by atoms with Gasteiger partial charge in [0.25, 0.3) is 5.91 Å². The van der Waals surface area contributed by atoms with E-state index >= 15 is 0 Å². The highest BCUT2D eigenvalue weighted by Gasteiger charge is 2.57. The van der Waals surface area contributed by atoms with Gasteiger partial charge in [-0.25, -0.2) is 0 Å². The highest BCUT2D eigenvalue weighted by atomic mass is 16.3. The van der Waals surface area contributed by atoms with Crippen molar-refractivity contribution in [1.29, 1.82) is 0 Å². The van der Waals surface area contributed by atoms with E-state index in [2.05, 4.69) is 31.7 Å². The van der Waals surface area contributed by atoms with Crippen LogP contribution in [0.3, 0.4) is 0 Å². The number of carbonyl (C=O) groups is 1. The van der Waals surface area contributed by atoms with E-state index in [1.54, 1.807) is 6.07 Å². The summed E-state index contributed by atoms with van der Waals surface area (Å²) in [5.41, 5.74) is 3.96. The van der Waals surface area contributed by atoms with Crippen LogP contribution < -0.4 is 0 Å². The van der Waals surface area contributed by atoms with Gasteiger partial charge in [0.1, 0.15) is 5.75 Å². The minimum Gasteiger partial charge on any atom is -0.508 e. The monoisotopic (exact) mass is 349 g/mol. The van der Waals surface area contributed by atoms with Crippen molar-refractivity contribution in [2.24, 2.45) is 5.41 Å². The van der Waals surface area contributed by atoms with Gasteiger partial charge in [0, 0.05) is 23.6 Å². The number of fused-ring (bicyclic) bond motifs is 4. The number of likely N-dealkylation sites (tertiary alicyclic amines) is 1. The molecule has 4 rings (SSSR count). The minimum absolute atomic E-state index is 0.0491. The Labute approximate surface area is 155 Å². The van der Waals surface area contributed by atoms with Gasteiger partial charge in [0.2, 0.25) is 0 Å². The van der Waals surface area contributed by atoms with Crippen LogP contribution in [0.1, 0.15) is 54.2 Å². The Hall–Kier alpha value is -2.29. The van der Waals surface area contributed by atoms with E-state index in [9.17, 15) is 9.90 Å². The van der Waals surface area contributed by atoms with Crippen LogP contribution in [-0.2, 0) is 11.8 Å². The van der Waals surface area contributed by atoms with Crippen molar-refractivity contribution >= 4 is 5.91 Å². The van der Waals surface area contributed by atoms with Crippen LogP contribution >= 0.6 is 0 Å². The molecule has 0 aromatic heterocycles. The first-order valence-electron chi connectivity index (χ1n) is 9.45. The molecule has 0 saturated carbocycles. The molecule has 1 heterocycles. The first-order valence-corrected chi connectivity index (χ1v) is 9.45. The third-order valence-electron chi connectivity index (χ3n) is 7.26. The predicted molar refractivity (Wildman–Crippen MR) is 104 cm³/mol. The summed E-state index contributed by atoms with van der Waals surface area (Å²) >= 11 is 0. The van der Waals surface area contributed by atoms with Crippen molar-refractivity contribution in [3.05, 3.63) is 64.7 Å². The maximum Gasteiger partial charge on any atom is 0.254 e. The molecular weight excluding hydrogens is 322 g/mol. The van der Waals surface area contributed by atoms with E-state index in [0.717, 1.165) is 29.7 Å². The summed E-state index contributed by atoms with van der Waals surface area (Å²) in [6.45, 7) is 9.61. The van der Waals surface area contributed by atoms with Crippen LogP contribution in [0.2, 0.25) is 0 Å². The summed E-state index contributed by atoms with van der Waals surface area (Å²) < 4.78 is 0. The van der Waals surface area contributed by atoms with Crippen molar-refractivity contribution in [3.63, 3.8) is 0 Å². The lowest BCUT2D eigenvalue weighted by Gasteiger charge is -2.60. The van der Waals surface area contributed by atoms with Gasteiger partial charge in [-0.15, -0.1) is 0 Å². The Morgan fingerprint density at radius 3 is 2.58 bits per heavy atom. The molecule has 1 N–H and O–H groups in total. The van der Waals surface area contributed by atoms with E-state index in [0.29, 0.717) is 12.2 Å². The summed E-state index contributed by atoms with van der Waals surface area (Å²) in [7, 11) is 0. The molecule has 0 unspecified atom stereocenters. The lowest BCUT2D eigenvalue weighted by molar-refractivity contribution is -0.0266. The number of piperidine rings is 1. The molecule has 1 amide bonds. The maximum absolute atomic E-state index is 13.4. The molecule has 0 spiro atoms. The van der Waals surface area contributed by atoms with Gasteiger partial charge in [0.05, 0.1) is 0 Å². The Kier molecular flexibility index (Phi) is 3.69. The van der Waals surface area contributed by atoms with Gasteiger partial charge in [0.15, 0.2) is 0 Å². The summed E-state index contributed by atoms with van der Waals surface area (Å²) in [5.74, 6) is 0.474. The number of hydrogen-bond acceptors (Lipinski definition) is 2. The number of aromatic hydroxyl groups is 1. The number of benzene rings is 2. The SMILES string of the molecule is Cc1ccccc1C(=O)N1CC[C@@]2(C)c3cccc(O)c3C[C@@H]1C2(C)C. The predicted octanol–water partition coefficient (Wildman–Crippen LogP) is 4.46. The molecule has 2 bridgehead atoms. The molecule has 2 atom stereocenters. The van der Waals surface area contributed by atoms with Crippen molar-refractivity contribution in [3.8, 4) is 5.75 Å². The number of carbonyl (C=O) groups excluding carboxylic acids is 1. The number of nitrogens with zero attached hydrogens (tertiary/aromatic N) is 1. The molecule has 1 fully saturated rings. The molecule has 2 aliphatic rings. The van der Waals surface area contributed by atoms with E-state index < -0.39 is 0 Å². The van der Waals surface area contributed by atoms with E-state index in [1.807, 2.05) is 37.3 Å². The van der Waals surface area contributed by atoms with Gasteiger partial charge in [-0.2, -0.15) is 0 Å². The fourth-order valence-corrected chi connectivity index (χ4v) is 5.14.